The Morgan fingerprint density at radius 2 is 2.17 bits per heavy atom. The average molecular weight is 168 g/mol. The van der Waals surface area contributed by atoms with E-state index in [0.29, 0.717) is 5.57 Å². The van der Waals surface area contributed by atoms with E-state index >= 15 is 0 Å². The molecule has 0 radical (unpaired) electrons. The topological polar surface area (TPSA) is 26.3 Å². The van der Waals surface area contributed by atoms with Crippen molar-refractivity contribution in [2.75, 3.05) is 0 Å². The Kier molecular flexibility index (Phi) is 2.55. The molecule has 1 aliphatic carbocycles. The summed E-state index contributed by atoms with van der Waals surface area (Å²) >= 11 is 0. The molecule has 2 nitrogen and oxygen atoms in total. The van der Waals surface area contributed by atoms with Gasteiger partial charge in [-0.3, -0.25) is 0 Å². The molecule has 0 aromatic carbocycles. The molecule has 0 unspecified atom stereocenters. The molecule has 1 aliphatic rings. The van der Waals surface area contributed by atoms with E-state index in [0.717, 1.165) is 19.3 Å². The van der Waals surface area contributed by atoms with Crippen LogP contribution in [0.5, 0.6) is 0 Å². The molecule has 0 aromatic rings. The van der Waals surface area contributed by atoms with Crippen LogP contribution in [0.4, 0.5) is 0 Å². The first-order valence-electron chi connectivity index (χ1n) is 4.48. The highest BCUT2D eigenvalue weighted by Gasteiger charge is 2.38. The Hall–Kier alpha value is -0.790. The molecular weight excluding hydrogens is 152 g/mol. The highest BCUT2D eigenvalue weighted by atomic mass is 16.6. The SMILES string of the molecule is C=C(C)C(=O)OC1(CC)CCC1. The van der Waals surface area contributed by atoms with E-state index in [1.54, 1.807) is 6.92 Å². The first-order valence-corrected chi connectivity index (χ1v) is 4.48. The lowest BCUT2D eigenvalue weighted by molar-refractivity contribution is -0.164. The van der Waals surface area contributed by atoms with Gasteiger partial charge in [0.05, 0.1) is 0 Å². The lowest BCUT2D eigenvalue weighted by atomic mass is 9.78. The number of esters is 1. The Morgan fingerprint density at radius 1 is 1.58 bits per heavy atom. The molecule has 1 fully saturated rings. The van der Waals surface area contributed by atoms with Gasteiger partial charge in [-0.05, 0) is 32.6 Å². The van der Waals surface area contributed by atoms with Crippen molar-refractivity contribution in [2.24, 2.45) is 0 Å². The first kappa shape index (κ1) is 9.30. The van der Waals surface area contributed by atoms with Crippen LogP contribution in [-0.4, -0.2) is 11.6 Å². The Labute approximate surface area is 73.6 Å². The fourth-order valence-electron chi connectivity index (χ4n) is 1.38. The van der Waals surface area contributed by atoms with Crippen LogP contribution < -0.4 is 0 Å². The monoisotopic (exact) mass is 168 g/mol. The second kappa shape index (κ2) is 3.30. The molecule has 0 bridgehead atoms. The van der Waals surface area contributed by atoms with Crippen molar-refractivity contribution in [3.8, 4) is 0 Å². The van der Waals surface area contributed by atoms with Gasteiger partial charge in [-0.1, -0.05) is 13.5 Å². The maximum absolute atomic E-state index is 11.2. The van der Waals surface area contributed by atoms with Gasteiger partial charge in [0.15, 0.2) is 0 Å². The lowest BCUT2D eigenvalue weighted by Crippen LogP contribution is -2.41. The molecule has 0 spiro atoms. The first-order chi connectivity index (χ1) is 5.59. The van der Waals surface area contributed by atoms with Gasteiger partial charge in [-0.15, -0.1) is 0 Å². The van der Waals surface area contributed by atoms with Crippen LogP contribution in [0.25, 0.3) is 0 Å². The summed E-state index contributed by atoms with van der Waals surface area (Å²) in [5.74, 6) is -0.239. The number of hydrogen-bond donors (Lipinski definition) is 0. The Morgan fingerprint density at radius 3 is 2.42 bits per heavy atom. The van der Waals surface area contributed by atoms with Crippen molar-refractivity contribution >= 4 is 5.97 Å². The van der Waals surface area contributed by atoms with Gasteiger partial charge in [0.2, 0.25) is 0 Å². The normalized spacial score (nSPS) is 19.5. The molecule has 0 aromatic heterocycles. The van der Waals surface area contributed by atoms with Gasteiger partial charge < -0.3 is 4.74 Å². The predicted octanol–water partition coefficient (Wildman–Crippen LogP) is 2.44. The summed E-state index contributed by atoms with van der Waals surface area (Å²) in [5, 5.41) is 0. The molecular formula is C10H16O2. The van der Waals surface area contributed by atoms with Gasteiger partial charge in [-0.2, -0.15) is 0 Å². The fourth-order valence-corrected chi connectivity index (χ4v) is 1.38. The van der Waals surface area contributed by atoms with E-state index in [-0.39, 0.29) is 11.6 Å². The molecule has 0 aliphatic heterocycles. The number of rotatable bonds is 3. The van der Waals surface area contributed by atoms with Crippen LogP contribution in [0.3, 0.4) is 0 Å². The summed E-state index contributed by atoms with van der Waals surface area (Å²) in [7, 11) is 0. The zero-order valence-electron chi connectivity index (χ0n) is 7.85. The van der Waals surface area contributed by atoms with E-state index in [9.17, 15) is 4.79 Å². The Bertz CT molecular complexity index is 196. The molecule has 0 atom stereocenters. The van der Waals surface area contributed by atoms with Crippen molar-refractivity contribution in [1.29, 1.82) is 0 Å². The molecule has 1 saturated carbocycles. The minimum absolute atomic E-state index is 0.143. The number of carbonyl (C=O) groups is 1. The summed E-state index contributed by atoms with van der Waals surface area (Å²) in [6, 6.07) is 0. The molecule has 12 heavy (non-hydrogen) atoms. The van der Waals surface area contributed by atoms with Gasteiger partial charge in [0.25, 0.3) is 0 Å². The van der Waals surface area contributed by atoms with E-state index in [1.807, 2.05) is 0 Å². The number of ether oxygens (including phenoxy) is 1. The van der Waals surface area contributed by atoms with Gasteiger partial charge >= 0.3 is 5.97 Å². The van der Waals surface area contributed by atoms with Gasteiger partial charge in [-0.25, -0.2) is 4.79 Å². The molecule has 68 valence electrons. The van der Waals surface area contributed by atoms with E-state index in [1.165, 1.54) is 6.42 Å². The molecule has 1 rings (SSSR count). The third kappa shape index (κ3) is 1.68. The van der Waals surface area contributed by atoms with Crippen molar-refractivity contribution in [1.82, 2.24) is 0 Å². The van der Waals surface area contributed by atoms with E-state index < -0.39 is 0 Å². The van der Waals surface area contributed by atoms with Crippen molar-refractivity contribution in [3.05, 3.63) is 12.2 Å². The number of carbonyl (C=O) groups excluding carboxylic acids is 1. The largest absolute Gasteiger partial charge is 0.456 e. The van der Waals surface area contributed by atoms with Crippen LogP contribution in [0.2, 0.25) is 0 Å². The fraction of sp³-hybridized carbons (Fsp3) is 0.700. The second-order valence-corrected chi connectivity index (χ2v) is 3.56. The zero-order valence-corrected chi connectivity index (χ0v) is 7.85. The van der Waals surface area contributed by atoms with E-state index in [4.69, 9.17) is 4.74 Å². The maximum atomic E-state index is 11.2. The Balaban J connectivity index is 2.48. The van der Waals surface area contributed by atoms with Gasteiger partial charge in [0, 0.05) is 5.57 Å². The second-order valence-electron chi connectivity index (χ2n) is 3.56. The zero-order chi connectivity index (χ0) is 9.19. The van der Waals surface area contributed by atoms with Crippen LogP contribution in [0, 0.1) is 0 Å². The van der Waals surface area contributed by atoms with Crippen LogP contribution >= 0.6 is 0 Å². The summed E-state index contributed by atoms with van der Waals surface area (Å²) in [4.78, 5) is 11.2. The summed E-state index contributed by atoms with van der Waals surface area (Å²) in [6.45, 7) is 7.30. The van der Waals surface area contributed by atoms with E-state index in [2.05, 4.69) is 13.5 Å². The summed E-state index contributed by atoms with van der Waals surface area (Å²) in [6.07, 6.45) is 4.13. The number of hydrogen-bond acceptors (Lipinski definition) is 2. The highest BCUT2D eigenvalue weighted by Crippen LogP contribution is 2.38. The van der Waals surface area contributed by atoms with Crippen LogP contribution in [0.1, 0.15) is 39.5 Å². The summed E-state index contributed by atoms with van der Waals surface area (Å²) < 4.78 is 5.35. The van der Waals surface area contributed by atoms with Crippen molar-refractivity contribution in [2.45, 2.75) is 45.1 Å². The minimum Gasteiger partial charge on any atom is -0.456 e. The molecule has 0 N–H and O–H groups in total. The smallest absolute Gasteiger partial charge is 0.333 e. The average Bonchev–Trinajstić information content (AvgIpc) is 1.96. The molecule has 0 amide bonds. The molecule has 0 heterocycles. The van der Waals surface area contributed by atoms with Crippen molar-refractivity contribution in [3.63, 3.8) is 0 Å². The maximum Gasteiger partial charge on any atom is 0.333 e. The minimum atomic E-state index is -0.239. The highest BCUT2D eigenvalue weighted by molar-refractivity contribution is 5.87. The standard InChI is InChI=1S/C10H16O2/c1-4-10(6-5-7-10)12-9(11)8(2)3/h2,4-7H2,1,3H3. The van der Waals surface area contributed by atoms with Crippen molar-refractivity contribution < 1.29 is 9.53 Å². The summed E-state index contributed by atoms with van der Waals surface area (Å²) in [5.41, 5.74) is 0.352. The van der Waals surface area contributed by atoms with Gasteiger partial charge in [0.1, 0.15) is 5.60 Å². The van der Waals surface area contributed by atoms with Crippen LogP contribution in [0.15, 0.2) is 12.2 Å². The third-order valence-electron chi connectivity index (χ3n) is 2.57. The van der Waals surface area contributed by atoms with Crippen LogP contribution in [-0.2, 0) is 9.53 Å². The molecule has 2 heteroatoms. The third-order valence-corrected chi connectivity index (χ3v) is 2.57. The predicted molar refractivity (Wildman–Crippen MR) is 47.8 cm³/mol. The quantitative estimate of drug-likeness (QED) is 0.478. The molecule has 0 saturated heterocycles. The lowest BCUT2D eigenvalue weighted by Gasteiger charge is -2.40.